The fourth-order valence-electron chi connectivity index (χ4n) is 3.38. The van der Waals surface area contributed by atoms with Gasteiger partial charge in [-0.15, -0.1) is 12.4 Å². The normalized spacial score (nSPS) is 22.0. The van der Waals surface area contributed by atoms with Crippen LogP contribution in [-0.2, 0) is 4.79 Å². The van der Waals surface area contributed by atoms with Crippen LogP contribution in [0, 0.1) is 13.8 Å². The van der Waals surface area contributed by atoms with E-state index in [4.69, 9.17) is 0 Å². The van der Waals surface area contributed by atoms with Gasteiger partial charge in [0, 0.05) is 11.7 Å². The second-order valence-electron chi connectivity index (χ2n) is 6.29. The maximum atomic E-state index is 12.7. The van der Waals surface area contributed by atoms with E-state index in [2.05, 4.69) is 50.0 Å². The van der Waals surface area contributed by atoms with Gasteiger partial charge in [-0.2, -0.15) is 0 Å². The van der Waals surface area contributed by atoms with Gasteiger partial charge in [0.15, 0.2) is 0 Å². The van der Waals surface area contributed by atoms with Crippen molar-refractivity contribution >= 4 is 24.0 Å². The number of hydrogen-bond donors (Lipinski definition) is 1. The summed E-state index contributed by atoms with van der Waals surface area (Å²) in [5, 5.41) is 3.18. The number of carbonyl (C=O) groups excluding carboxylic acids is 1. The van der Waals surface area contributed by atoms with Gasteiger partial charge in [-0.05, 0) is 64.1 Å². The minimum absolute atomic E-state index is 0. The van der Waals surface area contributed by atoms with E-state index in [1.807, 2.05) is 6.07 Å². The van der Waals surface area contributed by atoms with Crippen molar-refractivity contribution < 1.29 is 4.79 Å². The van der Waals surface area contributed by atoms with Crippen molar-refractivity contribution in [3.63, 3.8) is 0 Å². The SMILES string of the molecule is CCCN1C(C)CCCC1C(=O)Nc1c(C)cccc1C.Cl. The summed E-state index contributed by atoms with van der Waals surface area (Å²) in [7, 11) is 0. The number of para-hydroxylation sites is 1. The number of anilines is 1. The van der Waals surface area contributed by atoms with Crippen LogP contribution in [0.5, 0.6) is 0 Å². The second-order valence-corrected chi connectivity index (χ2v) is 6.29. The highest BCUT2D eigenvalue weighted by molar-refractivity contribution is 5.96. The Morgan fingerprint density at radius 3 is 2.50 bits per heavy atom. The highest BCUT2D eigenvalue weighted by Gasteiger charge is 2.32. The van der Waals surface area contributed by atoms with Gasteiger partial charge < -0.3 is 5.32 Å². The Balaban J connectivity index is 0.00000242. The number of halogens is 1. The molecule has 3 nitrogen and oxygen atoms in total. The summed E-state index contributed by atoms with van der Waals surface area (Å²) in [5.41, 5.74) is 3.25. The lowest BCUT2D eigenvalue weighted by Gasteiger charge is -2.39. The van der Waals surface area contributed by atoms with Gasteiger partial charge in [-0.1, -0.05) is 25.1 Å². The maximum Gasteiger partial charge on any atom is 0.241 e. The molecule has 1 aromatic carbocycles. The van der Waals surface area contributed by atoms with Crippen LogP contribution in [0.25, 0.3) is 0 Å². The number of aryl methyl sites for hydroxylation is 2. The van der Waals surface area contributed by atoms with Gasteiger partial charge in [0.05, 0.1) is 6.04 Å². The molecule has 0 aromatic heterocycles. The third-order valence-electron chi connectivity index (χ3n) is 4.58. The predicted octanol–water partition coefficient (Wildman–Crippen LogP) is 4.32. The van der Waals surface area contributed by atoms with E-state index in [1.165, 1.54) is 6.42 Å². The van der Waals surface area contributed by atoms with Gasteiger partial charge in [-0.3, -0.25) is 9.69 Å². The largest absolute Gasteiger partial charge is 0.324 e. The Hall–Kier alpha value is -1.06. The van der Waals surface area contributed by atoms with Gasteiger partial charge in [-0.25, -0.2) is 0 Å². The van der Waals surface area contributed by atoms with Crippen LogP contribution in [0.1, 0.15) is 50.7 Å². The zero-order valence-corrected chi connectivity index (χ0v) is 15.0. The second kappa shape index (κ2) is 8.54. The molecular weight excluding hydrogens is 296 g/mol. The van der Waals surface area contributed by atoms with E-state index in [1.54, 1.807) is 0 Å². The molecular formula is C18H29ClN2O. The Labute approximate surface area is 140 Å². The lowest BCUT2D eigenvalue weighted by atomic mass is 9.95. The third kappa shape index (κ3) is 4.23. The lowest BCUT2D eigenvalue weighted by Crippen LogP contribution is -2.51. The molecule has 1 amide bonds. The average Bonchev–Trinajstić information content (AvgIpc) is 2.45. The molecule has 1 aromatic rings. The zero-order chi connectivity index (χ0) is 15.4. The number of rotatable bonds is 4. The van der Waals surface area contributed by atoms with Crippen molar-refractivity contribution in [2.24, 2.45) is 0 Å². The molecule has 124 valence electrons. The summed E-state index contributed by atoms with van der Waals surface area (Å²) < 4.78 is 0. The first-order valence-electron chi connectivity index (χ1n) is 8.17. The summed E-state index contributed by atoms with van der Waals surface area (Å²) in [5.74, 6) is 0.160. The minimum atomic E-state index is 0. The van der Waals surface area contributed by atoms with Crippen LogP contribution in [0.3, 0.4) is 0 Å². The van der Waals surface area contributed by atoms with Crippen molar-refractivity contribution in [2.75, 3.05) is 11.9 Å². The van der Waals surface area contributed by atoms with E-state index in [0.29, 0.717) is 6.04 Å². The molecule has 0 bridgehead atoms. The Morgan fingerprint density at radius 1 is 1.27 bits per heavy atom. The molecule has 0 radical (unpaired) electrons. The molecule has 4 heteroatoms. The molecule has 1 fully saturated rings. The van der Waals surface area contributed by atoms with Gasteiger partial charge >= 0.3 is 0 Å². The maximum absolute atomic E-state index is 12.7. The molecule has 0 saturated carbocycles. The predicted molar refractivity (Wildman–Crippen MR) is 95.9 cm³/mol. The van der Waals surface area contributed by atoms with E-state index in [0.717, 1.165) is 42.6 Å². The molecule has 2 atom stereocenters. The molecule has 22 heavy (non-hydrogen) atoms. The summed E-state index contributed by atoms with van der Waals surface area (Å²) in [4.78, 5) is 15.1. The molecule has 2 rings (SSSR count). The first-order chi connectivity index (χ1) is 10.0. The third-order valence-corrected chi connectivity index (χ3v) is 4.58. The number of piperidine rings is 1. The molecule has 0 spiro atoms. The number of benzene rings is 1. The standard InChI is InChI=1S/C18H28N2O.ClH/c1-5-12-20-15(4)10-7-11-16(20)18(21)19-17-13(2)8-6-9-14(17)3;/h6,8-9,15-16H,5,7,10-12H2,1-4H3,(H,19,21);1H. The van der Waals surface area contributed by atoms with Gasteiger partial charge in [0.2, 0.25) is 5.91 Å². The summed E-state index contributed by atoms with van der Waals surface area (Å²) in [6.07, 6.45) is 4.41. The summed E-state index contributed by atoms with van der Waals surface area (Å²) in [6, 6.07) is 6.67. The number of amides is 1. The van der Waals surface area contributed by atoms with E-state index >= 15 is 0 Å². The number of hydrogen-bond acceptors (Lipinski definition) is 2. The molecule has 1 aliphatic rings. The first kappa shape index (κ1) is 19.0. The van der Waals surface area contributed by atoms with E-state index in [9.17, 15) is 4.79 Å². The minimum Gasteiger partial charge on any atom is -0.324 e. The van der Waals surface area contributed by atoms with Crippen molar-refractivity contribution in [1.29, 1.82) is 0 Å². The van der Waals surface area contributed by atoms with Crippen LogP contribution in [0.15, 0.2) is 18.2 Å². The van der Waals surface area contributed by atoms with Gasteiger partial charge in [0.25, 0.3) is 0 Å². The molecule has 1 heterocycles. The molecule has 1 N–H and O–H groups in total. The van der Waals surface area contributed by atoms with Crippen LogP contribution in [-0.4, -0.2) is 29.4 Å². The highest BCUT2D eigenvalue weighted by atomic mass is 35.5. The number of nitrogens with zero attached hydrogens (tertiary/aromatic N) is 1. The highest BCUT2D eigenvalue weighted by Crippen LogP contribution is 2.26. The van der Waals surface area contributed by atoms with Crippen LogP contribution in [0.4, 0.5) is 5.69 Å². The van der Waals surface area contributed by atoms with E-state index < -0.39 is 0 Å². The lowest BCUT2D eigenvalue weighted by molar-refractivity contribution is -0.123. The summed E-state index contributed by atoms with van der Waals surface area (Å²) in [6.45, 7) is 9.54. The van der Waals surface area contributed by atoms with Crippen LogP contribution in [0.2, 0.25) is 0 Å². The number of likely N-dealkylation sites (tertiary alicyclic amines) is 1. The Kier molecular flexibility index (Phi) is 7.37. The average molecular weight is 325 g/mol. The van der Waals surface area contributed by atoms with Crippen molar-refractivity contribution in [1.82, 2.24) is 4.90 Å². The van der Waals surface area contributed by atoms with Crippen LogP contribution < -0.4 is 5.32 Å². The molecule has 2 unspecified atom stereocenters. The van der Waals surface area contributed by atoms with Crippen molar-refractivity contribution in [3.8, 4) is 0 Å². The molecule has 1 saturated heterocycles. The topological polar surface area (TPSA) is 32.3 Å². The smallest absolute Gasteiger partial charge is 0.241 e. The summed E-state index contributed by atoms with van der Waals surface area (Å²) >= 11 is 0. The first-order valence-corrected chi connectivity index (χ1v) is 8.17. The number of nitrogens with one attached hydrogen (secondary N) is 1. The monoisotopic (exact) mass is 324 g/mol. The van der Waals surface area contributed by atoms with Crippen molar-refractivity contribution in [3.05, 3.63) is 29.3 Å². The van der Waals surface area contributed by atoms with Crippen LogP contribution >= 0.6 is 12.4 Å². The molecule has 1 aliphatic heterocycles. The van der Waals surface area contributed by atoms with E-state index in [-0.39, 0.29) is 24.4 Å². The number of carbonyl (C=O) groups is 1. The molecule has 0 aliphatic carbocycles. The fourth-order valence-corrected chi connectivity index (χ4v) is 3.38. The van der Waals surface area contributed by atoms with Gasteiger partial charge in [0.1, 0.15) is 0 Å². The Bertz CT molecular complexity index is 484. The fraction of sp³-hybridized carbons (Fsp3) is 0.611. The quantitative estimate of drug-likeness (QED) is 0.894. The Morgan fingerprint density at radius 2 is 1.91 bits per heavy atom. The zero-order valence-electron chi connectivity index (χ0n) is 14.2. The van der Waals surface area contributed by atoms with Crippen molar-refractivity contribution in [2.45, 2.75) is 65.5 Å².